The Kier molecular flexibility index (Phi) is 8.60. The SMILES string of the molecule is COC(=O)Nc1cnc(N2CCC(NC(=O)c3[nH]c(C)c(Cl)c3CI)C(OC)C2)cc1C(=O)O. The summed E-state index contributed by atoms with van der Waals surface area (Å²) in [6, 6.07) is 1.12. The summed E-state index contributed by atoms with van der Waals surface area (Å²) in [7, 11) is 2.73. The van der Waals surface area contributed by atoms with Crippen LogP contribution in [0, 0.1) is 6.92 Å². The number of alkyl halides is 1. The molecule has 11 nitrogen and oxygen atoms in total. The Morgan fingerprint density at radius 3 is 2.74 bits per heavy atom. The average Bonchev–Trinajstić information content (AvgIpc) is 3.12. The minimum absolute atomic E-state index is 0.0273. The molecule has 1 saturated heterocycles. The van der Waals surface area contributed by atoms with Crippen LogP contribution >= 0.6 is 34.2 Å². The van der Waals surface area contributed by atoms with E-state index in [0.717, 1.165) is 11.3 Å². The van der Waals surface area contributed by atoms with Gasteiger partial charge >= 0.3 is 12.1 Å². The van der Waals surface area contributed by atoms with E-state index in [1.54, 1.807) is 7.11 Å². The number of pyridine rings is 1. The minimum atomic E-state index is -1.22. The molecule has 0 aromatic carbocycles. The molecule has 0 radical (unpaired) electrons. The van der Waals surface area contributed by atoms with Crippen molar-refractivity contribution in [3.8, 4) is 0 Å². The Labute approximate surface area is 214 Å². The van der Waals surface area contributed by atoms with Crippen molar-refractivity contribution in [1.29, 1.82) is 0 Å². The topological polar surface area (TPSA) is 146 Å². The predicted octanol–water partition coefficient (Wildman–Crippen LogP) is 3.21. The molecule has 2 atom stereocenters. The number of aromatic nitrogens is 2. The van der Waals surface area contributed by atoms with E-state index in [0.29, 0.717) is 40.5 Å². The summed E-state index contributed by atoms with van der Waals surface area (Å²) < 4.78 is 10.7. The Balaban J connectivity index is 1.75. The number of ether oxygens (including phenoxy) is 2. The first kappa shape index (κ1) is 26.0. The van der Waals surface area contributed by atoms with Crippen molar-refractivity contribution in [3.63, 3.8) is 0 Å². The number of carbonyl (C=O) groups excluding carboxylic acids is 2. The molecule has 184 valence electrons. The molecule has 2 aromatic rings. The lowest BCUT2D eigenvalue weighted by atomic mass is 10.0. The first-order valence-electron chi connectivity index (χ1n) is 10.3. The summed E-state index contributed by atoms with van der Waals surface area (Å²) in [5, 5.41) is 15.5. The molecule has 1 fully saturated rings. The number of piperidine rings is 1. The lowest BCUT2D eigenvalue weighted by molar-refractivity contribution is 0.0538. The van der Waals surface area contributed by atoms with E-state index < -0.39 is 12.1 Å². The van der Waals surface area contributed by atoms with E-state index in [1.807, 2.05) is 11.8 Å². The standard InChI is InChI=1S/C21H25ClIN5O6/c1-10-17(22)12(7-23)18(25-10)19(29)26-13-4-5-28(9-15(13)33-2)16-6-11(20(30)31)14(8-24-16)27-21(32)34-3/h6,8,13,15,25H,4-5,7,9H2,1-3H3,(H,26,29)(H,27,32)(H,30,31). The van der Waals surface area contributed by atoms with Crippen molar-refractivity contribution in [2.24, 2.45) is 0 Å². The Bertz CT molecular complexity index is 1090. The van der Waals surface area contributed by atoms with E-state index in [2.05, 4.69) is 47.9 Å². The molecule has 3 rings (SSSR count). The zero-order valence-electron chi connectivity index (χ0n) is 18.8. The third-order valence-electron chi connectivity index (χ3n) is 5.61. The minimum Gasteiger partial charge on any atom is -0.478 e. The summed E-state index contributed by atoms with van der Waals surface area (Å²) in [6.45, 7) is 2.70. The molecular formula is C21H25ClIN5O6. The molecule has 3 heterocycles. The number of amides is 2. The van der Waals surface area contributed by atoms with Gasteiger partial charge in [0.2, 0.25) is 0 Å². The van der Waals surface area contributed by atoms with Crippen LogP contribution in [0.3, 0.4) is 0 Å². The second-order valence-corrected chi connectivity index (χ2v) is 8.79. The maximum absolute atomic E-state index is 12.9. The summed E-state index contributed by atoms with van der Waals surface area (Å²) in [5.74, 6) is -1.06. The van der Waals surface area contributed by atoms with Gasteiger partial charge in [-0.2, -0.15) is 0 Å². The number of aromatic amines is 1. The highest BCUT2D eigenvalue weighted by atomic mass is 127. The number of nitrogens with zero attached hydrogens (tertiary/aromatic N) is 2. The van der Waals surface area contributed by atoms with Crippen molar-refractivity contribution in [3.05, 3.63) is 39.8 Å². The number of hydrogen-bond acceptors (Lipinski definition) is 7. The number of rotatable bonds is 7. The number of aromatic carboxylic acids is 1. The number of methoxy groups -OCH3 is 2. The van der Waals surface area contributed by atoms with Gasteiger partial charge in [0, 0.05) is 35.9 Å². The molecule has 4 N–H and O–H groups in total. The van der Waals surface area contributed by atoms with Crippen molar-refractivity contribution in [2.45, 2.75) is 29.9 Å². The molecule has 0 saturated carbocycles. The average molecular weight is 606 g/mol. The van der Waals surface area contributed by atoms with Crippen LogP contribution in [0.5, 0.6) is 0 Å². The number of anilines is 2. The highest BCUT2D eigenvalue weighted by Gasteiger charge is 2.33. The normalized spacial score (nSPS) is 17.9. The van der Waals surface area contributed by atoms with Gasteiger partial charge in [-0.25, -0.2) is 14.6 Å². The van der Waals surface area contributed by atoms with Crippen LogP contribution in [0.2, 0.25) is 5.02 Å². The summed E-state index contributed by atoms with van der Waals surface area (Å²) in [4.78, 5) is 45.4. The number of carbonyl (C=O) groups is 3. The van der Waals surface area contributed by atoms with Crippen LogP contribution < -0.4 is 15.5 Å². The number of halogens is 2. The molecule has 0 aliphatic carbocycles. The molecule has 2 unspecified atom stereocenters. The summed E-state index contributed by atoms with van der Waals surface area (Å²) >= 11 is 8.47. The lowest BCUT2D eigenvalue weighted by Gasteiger charge is -2.38. The predicted molar refractivity (Wildman–Crippen MR) is 134 cm³/mol. The van der Waals surface area contributed by atoms with Crippen LogP contribution in [0.15, 0.2) is 12.3 Å². The van der Waals surface area contributed by atoms with Gasteiger partial charge in [-0.15, -0.1) is 0 Å². The highest BCUT2D eigenvalue weighted by Crippen LogP contribution is 2.28. The van der Waals surface area contributed by atoms with Gasteiger partial charge in [-0.1, -0.05) is 34.2 Å². The molecule has 2 aromatic heterocycles. The fourth-order valence-corrected chi connectivity index (χ4v) is 4.99. The first-order valence-corrected chi connectivity index (χ1v) is 12.2. The van der Waals surface area contributed by atoms with Gasteiger partial charge in [0.15, 0.2) is 0 Å². The third-order valence-corrected chi connectivity index (χ3v) is 6.89. The van der Waals surface area contributed by atoms with Gasteiger partial charge in [0.05, 0.1) is 41.7 Å². The van der Waals surface area contributed by atoms with Gasteiger partial charge < -0.3 is 29.8 Å². The number of H-pyrrole nitrogens is 1. The molecular weight excluding hydrogens is 581 g/mol. The second kappa shape index (κ2) is 11.2. The van der Waals surface area contributed by atoms with E-state index >= 15 is 0 Å². The molecule has 0 spiro atoms. The van der Waals surface area contributed by atoms with E-state index in [9.17, 15) is 19.5 Å². The molecule has 13 heteroatoms. The van der Waals surface area contributed by atoms with Gasteiger partial charge in [0.25, 0.3) is 5.91 Å². The fourth-order valence-electron chi connectivity index (χ4n) is 3.80. The Morgan fingerprint density at radius 1 is 1.38 bits per heavy atom. The van der Waals surface area contributed by atoms with Crippen molar-refractivity contribution in [2.75, 3.05) is 37.5 Å². The number of carboxylic acids is 1. The lowest BCUT2D eigenvalue weighted by Crippen LogP contribution is -2.55. The summed E-state index contributed by atoms with van der Waals surface area (Å²) in [5.41, 5.74) is 1.84. The number of hydrogen-bond donors (Lipinski definition) is 4. The van der Waals surface area contributed by atoms with Crippen molar-refractivity contribution >= 4 is 63.7 Å². The summed E-state index contributed by atoms with van der Waals surface area (Å²) in [6.07, 6.45) is 0.658. The maximum atomic E-state index is 12.9. The third kappa shape index (κ3) is 5.55. The van der Waals surface area contributed by atoms with Crippen molar-refractivity contribution < 1.29 is 29.0 Å². The quantitative estimate of drug-likeness (QED) is 0.278. The van der Waals surface area contributed by atoms with Crippen molar-refractivity contribution in [1.82, 2.24) is 15.3 Å². The zero-order valence-corrected chi connectivity index (χ0v) is 21.7. The number of aryl methyl sites for hydroxylation is 1. The Morgan fingerprint density at radius 2 is 2.12 bits per heavy atom. The van der Waals surface area contributed by atoms with Gasteiger partial charge in [-0.05, 0) is 19.4 Å². The fraction of sp³-hybridized carbons (Fsp3) is 0.429. The van der Waals surface area contributed by atoms with Gasteiger partial charge in [0.1, 0.15) is 11.5 Å². The van der Waals surface area contributed by atoms with E-state index in [-0.39, 0.29) is 29.3 Å². The molecule has 0 bridgehead atoms. The first-order chi connectivity index (χ1) is 16.2. The highest BCUT2D eigenvalue weighted by molar-refractivity contribution is 14.1. The monoisotopic (exact) mass is 605 g/mol. The maximum Gasteiger partial charge on any atom is 0.411 e. The number of nitrogens with one attached hydrogen (secondary N) is 3. The van der Waals surface area contributed by atoms with E-state index in [4.69, 9.17) is 16.3 Å². The largest absolute Gasteiger partial charge is 0.478 e. The molecule has 1 aliphatic rings. The van der Waals surface area contributed by atoms with Crippen LogP contribution in [-0.2, 0) is 13.9 Å². The van der Waals surface area contributed by atoms with Crippen LogP contribution in [0.4, 0.5) is 16.3 Å². The smallest absolute Gasteiger partial charge is 0.411 e. The van der Waals surface area contributed by atoms with Crippen LogP contribution in [0.25, 0.3) is 0 Å². The second-order valence-electron chi connectivity index (χ2n) is 7.65. The van der Waals surface area contributed by atoms with Crippen LogP contribution in [-0.4, -0.2) is 72.5 Å². The Hall–Kier alpha value is -2.58. The van der Waals surface area contributed by atoms with Gasteiger partial charge in [-0.3, -0.25) is 10.1 Å². The number of carboxylic acid groups (broad SMARTS) is 1. The molecule has 34 heavy (non-hydrogen) atoms. The van der Waals surface area contributed by atoms with E-state index in [1.165, 1.54) is 19.4 Å². The van der Waals surface area contributed by atoms with Crippen LogP contribution in [0.1, 0.15) is 38.5 Å². The molecule has 1 aliphatic heterocycles. The molecule has 2 amide bonds. The zero-order chi connectivity index (χ0) is 25.0.